The highest BCUT2D eigenvalue weighted by Crippen LogP contribution is 2.35. The van der Waals surface area contributed by atoms with E-state index in [1.807, 2.05) is 6.07 Å². The van der Waals surface area contributed by atoms with Crippen molar-refractivity contribution in [3.63, 3.8) is 0 Å². The first-order valence-corrected chi connectivity index (χ1v) is 6.61. The molecular weight excluding hydrogens is 242 g/mol. The van der Waals surface area contributed by atoms with E-state index < -0.39 is 12.0 Å². The lowest BCUT2D eigenvalue weighted by Gasteiger charge is -2.16. The molecule has 1 unspecified atom stereocenters. The van der Waals surface area contributed by atoms with E-state index in [2.05, 4.69) is 16.4 Å². The van der Waals surface area contributed by atoms with Crippen molar-refractivity contribution in [3.8, 4) is 6.07 Å². The van der Waals surface area contributed by atoms with Gasteiger partial charge in [-0.25, -0.2) is 9.78 Å². The molecule has 1 aromatic heterocycles. The van der Waals surface area contributed by atoms with Crippen LogP contribution in [0.5, 0.6) is 0 Å². The van der Waals surface area contributed by atoms with E-state index in [1.54, 1.807) is 0 Å². The zero-order valence-corrected chi connectivity index (χ0v) is 10.5. The number of carboxylic acid groups (broad SMARTS) is 1. The van der Waals surface area contributed by atoms with E-state index in [1.165, 1.54) is 0 Å². The average molecular weight is 257 g/mol. The summed E-state index contributed by atoms with van der Waals surface area (Å²) in [5.41, 5.74) is 2.58. The number of nitriles is 1. The first-order valence-electron chi connectivity index (χ1n) is 6.61. The predicted molar refractivity (Wildman–Crippen MR) is 68.7 cm³/mol. The number of aliphatic carboxylic acids is 1. The number of nitrogens with zero attached hydrogens (tertiary/aromatic N) is 2. The Morgan fingerprint density at radius 3 is 2.95 bits per heavy atom. The molecule has 0 aromatic carbocycles. The van der Waals surface area contributed by atoms with Gasteiger partial charge in [-0.3, -0.25) is 0 Å². The number of hydrogen-bond donors (Lipinski definition) is 2. The normalized spacial score (nSPS) is 18.5. The molecule has 1 atom stereocenters. The van der Waals surface area contributed by atoms with Gasteiger partial charge in [-0.05, 0) is 49.7 Å². The van der Waals surface area contributed by atoms with Gasteiger partial charge in [-0.15, -0.1) is 0 Å². The van der Waals surface area contributed by atoms with Crippen molar-refractivity contribution < 1.29 is 9.90 Å². The van der Waals surface area contributed by atoms with Crippen LogP contribution in [0.25, 0.3) is 0 Å². The van der Waals surface area contributed by atoms with E-state index >= 15 is 0 Å². The molecule has 0 saturated heterocycles. The molecule has 5 heteroatoms. The third-order valence-corrected chi connectivity index (χ3v) is 3.82. The second kappa shape index (κ2) is 4.54. The summed E-state index contributed by atoms with van der Waals surface area (Å²) in [4.78, 5) is 15.7. The fourth-order valence-electron chi connectivity index (χ4n) is 2.63. The standard InChI is InChI=1S/C14H15N3O2/c15-7-10-6-9-2-1-3-11(9)16-13(10)17-12(14(18)19)8-4-5-8/h6,8,12H,1-5H2,(H,16,17)(H,18,19). The Morgan fingerprint density at radius 1 is 1.53 bits per heavy atom. The fraction of sp³-hybridized carbons (Fsp3) is 0.500. The van der Waals surface area contributed by atoms with Crippen LogP contribution in [0.1, 0.15) is 36.1 Å². The third kappa shape index (κ3) is 2.26. The molecule has 2 aliphatic rings. The lowest BCUT2D eigenvalue weighted by molar-refractivity contribution is -0.138. The number of aryl methyl sites for hydroxylation is 2. The minimum Gasteiger partial charge on any atom is -0.480 e. The number of aromatic nitrogens is 1. The number of carboxylic acids is 1. The lowest BCUT2D eigenvalue weighted by atomic mass is 10.1. The minimum absolute atomic E-state index is 0.166. The van der Waals surface area contributed by atoms with Gasteiger partial charge in [0.25, 0.3) is 0 Å². The SMILES string of the molecule is N#Cc1cc2c(nc1NC(C(=O)O)C1CC1)CCC2. The molecule has 5 nitrogen and oxygen atoms in total. The Bertz CT molecular complexity index is 573. The second-order valence-corrected chi connectivity index (χ2v) is 5.25. The molecule has 1 fully saturated rings. The second-order valence-electron chi connectivity index (χ2n) is 5.25. The van der Waals surface area contributed by atoms with E-state index in [9.17, 15) is 15.2 Å². The molecule has 0 aliphatic heterocycles. The summed E-state index contributed by atoms with van der Waals surface area (Å²) in [5.74, 6) is -0.268. The van der Waals surface area contributed by atoms with Gasteiger partial charge >= 0.3 is 5.97 Å². The molecule has 1 heterocycles. The highest BCUT2D eigenvalue weighted by Gasteiger charge is 2.37. The number of nitrogens with one attached hydrogen (secondary N) is 1. The highest BCUT2D eigenvalue weighted by atomic mass is 16.4. The Hall–Kier alpha value is -2.09. The van der Waals surface area contributed by atoms with Crippen molar-refractivity contribution >= 4 is 11.8 Å². The lowest BCUT2D eigenvalue weighted by Crippen LogP contribution is -2.32. The quantitative estimate of drug-likeness (QED) is 0.857. The molecule has 1 aromatic rings. The van der Waals surface area contributed by atoms with Crippen LogP contribution in [0.2, 0.25) is 0 Å². The van der Waals surface area contributed by atoms with Gasteiger partial charge in [0, 0.05) is 5.69 Å². The van der Waals surface area contributed by atoms with Crippen molar-refractivity contribution in [2.45, 2.75) is 38.1 Å². The first kappa shape index (κ1) is 12.0. The maximum atomic E-state index is 11.2. The molecule has 1 saturated carbocycles. The van der Waals surface area contributed by atoms with Crippen molar-refractivity contribution in [2.75, 3.05) is 5.32 Å². The van der Waals surface area contributed by atoms with Crippen LogP contribution < -0.4 is 5.32 Å². The van der Waals surface area contributed by atoms with Crippen molar-refractivity contribution in [3.05, 3.63) is 22.9 Å². The van der Waals surface area contributed by atoms with E-state index in [4.69, 9.17) is 0 Å². The Labute approximate surface area is 111 Å². The van der Waals surface area contributed by atoms with Crippen LogP contribution in [0.3, 0.4) is 0 Å². The summed E-state index contributed by atoms with van der Waals surface area (Å²) in [6.07, 6.45) is 4.79. The minimum atomic E-state index is -0.867. The van der Waals surface area contributed by atoms with Gasteiger partial charge in [0.2, 0.25) is 0 Å². The largest absolute Gasteiger partial charge is 0.480 e. The summed E-state index contributed by atoms with van der Waals surface area (Å²) in [6, 6.07) is 3.34. The van der Waals surface area contributed by atoms with Gasteiger partial charge in [-0.2, -0.15) is 5.26 Å². The van der Waals surface area contributed by atoms with E-state index in [-0.39, 0.29) is 5.92 Å². The number of anilines is 1. The van der Waals surface area contributed by atoms with Gasteiger partial charge in [0.05, 0.1) is 5.56 Å². The molecule has 0 amide bonds. The van der Waals surface area contributed by atoms with Crippen LogP contribution in [0, 0.1) is 17.2 Å². The van der Waals surface area contributed by atoms with E-state index in [0.29, 0.717) is 11.4 Å². The number of hydrogen-bond acceptors (Lipinski definition) is 4. The molecule has 0 bridgehead atoms. The molecule has 19 heavy (non-hydrogen) atoms. The number of rotatable bonds is 4. The van der Waals surface area contributed by atoms with Crippen LogP contribution in [-0.4, -0.2) is 22.1 Å². The van der Waals surface area contributed by atoms with Crippen LogP contribution in [0.4, 0.5) is 5.82 Å². The number of pyridine rings is 1. The molecule has 0 radical (unpaired) electrons. The van der Waals surface area contributed by atoms with Crippen LogP contribution in [-0.2, 0) is 17.6 Å². The van der Waals surface area contributed by atoms with Gasteiger partial charge < -0.3 is 10.4 Å². The zero-order valence-electron chi connectivity index (χ0n) is 10.5. The summed E-state index contributed by atoms with van der Waals surface area (Å²) < 4.78 is 0. The van der Waals surface area contributed by atoms with Crippen molar-refractivity contribution in [2.24, 2.45) is 5.92 Å². The van der Waals surface area contributed by atoms with Gasteiger partial charge in [0.15, 0.2) is 0 Å². The topological polar surface area (TPSA) is 86.0 Å². The fourth-order valence-corrected chi connectivity index (χ4v) is 2.63. The molecule has 3 rings (SSSR count). The first-order chi connectivity index (χ1) is 9.19. The Balaban J connectivity index is 1.91. The maximum Gasteiger partial charge on any atom is 0.326 e. The number of carbonyl (C=O) groups is 1. The highest BCUT2D eigenvalue weighted by molar-refractivity contribution is 5.78. The predicted octanol–water partition coefficient (Wildman–Crippen LogP) is 1.72. The summed E-state index contributed by atoms with van der Waals surface area (Å²) in [7, 11) is 0. The summed E-state index contributed by atoms with van der Waals surface area (Å²) in [5, 5.41) is 21.4. The molecule has 2 aliphatic carbocycles. The van der Waals surface area contributed by atoms with Crippen molar-refractivity contribution in [1.82, 2.24) is 4.98 Å². The van der Waals surface area contributed by atoms with Gasteiger partial charge in [0.1, 0.15) is 17.9 Å². The summed E-state index contributed by atoms with van der Waals surface area (Å²) >= 11 is 0. The molecule has 98 valence electrons. The molecular formula is C14H15N3O2. The van der Waals surface area contributed by atoms with E-state index in [0.717, 1.165) is 43.4 Å². The van der Waals surface area contributed by atoms with Crippen LogP contribution >= 0.6 is 0 Å². The van der Waals surface area contributed by atoms with Crippen molar-refractivity contribution in [1.29, 1.82) is 5.26 Å². The monoisotopic (exact) mass is 257 g/mol. The van der Waals surface area contributed by atoms with Gasteiger partial charge in [-0.1, -0.05) is 0 Å². The zero-order chi connectivity index (χ0) is 13.4. The molecule has 0 spiro atoms. The Morgan fingerprint density at radius 2 is 2.32 bits per heavy atom. The van der Waals surface area contributed by atoms with Crippen LogP contribution in [0.15, 0.2) is 6.07 Å². The average Bonchev–Trinajstić information content (AvgIpc) is 3.12. The smallest absolute Gasteiger partial charge is 0.326 e. The third-order valence-electron chi connectivity index (χ3n) is 3.82. The molecule has 2 N–H and O–H groups in total. The maximum absolute atomic E-state index is 11.2. The number of fused-ring (bicyclic) bond motifs is 1. The summed E-state index contributed by atoms with van der Waals surface area (Å²) in [6.45, 7) is 0. The Kier molecular flexibility index (Phi) is 2.86.